The molecule has 1 saturated heterocycles. The van der Waals surface area contributed by atoms with Gasteiger partial charge in [-0.1, -0.05) is 26.2 Å². The van der Waals surface area contributed by atoms with Crippen LogP contribution in [0.1, 0.15) is 58.8 Å². The molecular formula is C15H28N2O2. The van der Waals surface area contributed by atoms with Gasteiger partial charge in [-0.2, -0.15) is 0 Å². The zero-order chi connectivity index (χ0) is 13.9. The summed E-state index contributed by atoms with van der Waals surface area (Å²) in [6, 6.07) is 0.232. The molecule has 4 nitrogen and oxygen atoms in total. The van der Waals surface area contributed by atoms with Gasteiger partial charge in [-0.05, 0) is 26.2 Å². The standard InChI is InChI=1S/C15H28N2O2/c1-3-13-11-19-12(2)10-17(13)14(18)9-15(16)7-5-4-6-8-15/h12-13H,3-11,16H2,1-2H3. The number of ether oxygens (including phenoxy) is 1. The van der Waals surface area contributed by atoms with Gasteiger partial charge in [-0.3, -0.25) is 4.79 Å². The smallest absolute Gasteiger partial charge is 0.224 e. The third-order valence-electron chi connectivity index (χ3n) is 4.61. The predicted molar refractivity (Wildman–Crippen MR) is 75.8 cm³/mol. The largest absolute Gasteiger partial charge is 0.375 e. The van der Waals surface area contributed by atoms with Crippen molar-refractivity contribution in [2.45, 2.75) is 76.5 Å². The molecule has 1 saturated carbocycles. The molecule has 2 fully saturated rings. The molecule has 1 heterocycles. The highest BCUT2D eigenvalue weighted by atomic mass is 16.5. The van der Waals surface area contributed by atoms with Crippen molar-refractivity contribution in [2.24, 2.45) is 5.73 Å². The third-order valence-corrected chi connectivity index (χ3v) is 4.61. The molecule has 0 spiro atoms. The summed E-state index contributed by atoms with van der Waals surface area (Å²) in [4.78, 5) is 14.6. The van der Waals surface area contributed by atoms with Gasteiger partial charge < -0.3 is 15.4 Å². The van der Waals surface area contributed by atoms with E-state index in [1.54, 1.807) is 0 Å². The van der Waals surface area contributed by atoms with E-state index in [0.29, 0.717) is 19.6 Å². The van der Waals surface area contributed by atoms with Gasteiger partial charge in [0.2, 0.25) is 5.91 Å². The first-order valence-electron chi connectivity index (χ1n) is 7.74. The lowest BCUT2D eigenvalue weighted by Gasteiger charge is -2.41. The summed E-state index contributed by atoms with van der Waals surface area (Å²) in [5, 5.41) is 0. The van der Waals surface area contributed by atoms with Crippen LogP contribution in [0.25, 0.3) is 0 Å². The highest BCUT2D eigenvalue weighted by Crippen LogP contribution is 2.30. The fourth-order valence-corrected chi connectivity index (χ4v) is 3.32. The molecule has 1 aliphatic carbocycles. The van der Waals surface area contributed by atoms with Crippen LogP contribution in [0.3, 0.4) is 0 Å². The normalized spacial score (nSPS) is 31.2. The van der Waals surface area contributed by atoms with Crippen molar-refractivity contribution in [2.75, 3.05) is 13.2 Å². The van der Waals surface area contributed by atoms with Crippen molar-refractivity contribution in [1.29, 1.82) is 0 Å². The molecule has 0 radical (unpaired) electrons. The Balaban J connectivity index is 1.96. The highest BCUT2D eigenvalue weighted by molar-refractivity contribution is 5.78. The molecule has 2 atom stereocenters. The molecule has 4 heteroatoms. The minimum Gasteiger partial charge on any atom is -0.375 e. The molecule has 1 amide bonds. The van der Waals surface area contributed by atoms with E-state index < -0.39 is 0 Å². The van der Waals surface area contributed by atoms with Gasteiger partial charge in [-0.15, -0.1) is 0 Å². The summed E-state index contributed by atoms with van der Waals surface area (Å²) >= 11 is 0. The number of amides is 1. The summed E-state index contributed by atoms with van der Waals surface area (Å²) in [5.41, 5.74) is 6.15. The van der Waals surface area contributed by atoms with E-state index in [4.69, 9.17) is 10.5 Å². The Hall–Kier alpha value is -0.610. The Morgan fingerprint density at radius 2 is 2.05 bits per heavy atom. The van der Waals surface area contributed by atoms with Crippen molar-refractivity contribution in [3.05, 3.63) is 0 Å². The fourth-order valence-electron chi connectivity index (χ4n) is 3.32. The minimum atomic E-state index is -0.255. The number of hydrogen-bond acceptors (Lipinski definition) is 3. The summed E-state index contributed by atoms with van der Waals surface area (Å²) in [6.07, 6.45) is 7.20. The third kappa shape index (κ3) is 3.69. The summed E-state index contributed by atoms with van der Waals surface area (Å²) in [6.45, 7) is 5.53. The number of carbonyl (C=O) groups excluding carboxylic acids is 1. The lowest BCUT2D eigenvalue weighted by Crippen LogP contribution is -2.54. The highest BCUT2D eigenvalue weighted by Gasteiger charge is 2.35. The summed E-state index contributed by atoms with van der Waals surface area (Å²) in [5.74, 6) is 0.228. The van der Waals surface area contributed by atoms with Crippen molar-refractivity contribution in [3.63, 3.8) is 0 Å². The Labute approximate surface area is 116 Å². The van der Waals surface area contributed by atoms with Gasteiger partial charge in [0.15, 0.2) is 0 Å². The molecule has 2 rings (SSSR count). The van der Waals surface area contributed by atoms with Gasteiger partial charge in [-0.25, -0.2) is 0 Å². The van der Waals surface area contributed by atoms with Crippen LogP contribution in [-0.2, 0) is 9.53 Å². The Morgan fingerprint density at radius 1 is 1.37 bits per heavy atom. The first-order valence-corrected chi connectivity index (χ1v) is 7.74. The van der Waals surface area contributed by atoms with Gasteiger partial charge in [0.25, 0.3) is 0 Å². The molecule has 0 bridgehead atoms. The lowest BCUT2D eigenvalue weighted by atomic mass is 9.80. The lowest BCUT2D eigenvalue weighted by molar-refractivity contribution is -0.146. The zero-order valence-corrected chi connectivity index (χ0v) is 12.4. The Morgan fingerprint density at radius 3 is 2.68 bits per heavy atom. The predicted octanol–water partition coefficient (Wildman–Crippen LogP) is 2.06. The zero-order valence-electron chi connectivity index (χ0n) is 12.4. The molecule has 19 heavy (non-hydrogen) atoms. The molecule has 1 aliphatic heterocycles. The number of morpholine rings is 1. The SMILES string of the molecule is CCC1COC(C)CN1C(=O)CC1(N)CCCCC1. The van der Waals surface area contributed by atoms with Gasteiger partial charge in [0.05, 0.1) is 18.8 Å². The fraction of sp³-hybridized carbons (Fsp3) is 0.933. The van der Waals surface area contributed by atoms with Crippen molar-refractivity contribution in [3.8, 4) is 0 Å². The van der Waals surface area contributed by atoms with Crippen molar-refractivity contribution in [1.82, 2.24) is 4.90 Å². The van der Waals surface area contributed by atoms with E-state index in [1.807, 2.05) is 11.8 Å². The van der Waals surface area contributed by atoms with Crippen molar-refractivity contribution < 1.29 is 9.53 Å². The maximum atomic E-state index is 12.6. The van der Waals surface area contributed by atoms with E-state index in [-0.39, 0.29) is 23.6 Å². The van der Waals surface area contributed by atoms with Gasteiger partial charge >= 0.3 is 0 Å². The van der Waals surface area contributed by atoms with Crippen LogP contribution in [0.4, 0.5) is 0 Å². The first kappa shape index (κ1) is 14.8. The van der Waals surface area contributed by atoms with E-state index in [0.717, 1.165) is 19.3 Å². The number of carbonyl (C=O) groups is 1. The van der Waals surface area contributed by atoms with Crippen LogP contribution in [-0.4, -0.2) is 41.6 Å². The van der Waals surface area contributed by atoms with Crippen LogP contribution in [0.5, 0.6) is 0 Å². The van der Waals surface area contributed by atoms with Crippen LogP contribution in [0.2, 0.25) is 0 Å². The second kappa shape index (κ2) is 6.23. The molecular weight excluding hydrogens is 240 g/mol. The molecule has 2 N–H and O–H groups in total. The molecule has 110 valence electrons. The molecule has 2 unspecified atom stereocenters. The number of nitrogens with zero attached hydrogens (tertiary/aromatic N) is 1. The van der Waals surface area contributed by atoms with E-state index in [2.05, 4.69) is 6.92 Å². The topological polar surface area (TPSA) is 55.6 Å². The van der Waals surface area contributed by atoms with Crippen LogP contribution in [0, 0.1) is 0 Å². The summed E-state index contributed by atoms with van der Waals surface area (Å²) < 4.78 is 5.65. The first-order chi connectivity index (χ1) is 9.04. The van der Waals surface area contributed by atoms with Gasteiger partial charge in [0.1, 0.15) is 0 Å². The van der Waals surface area contributed by atoms with E-state index >= 15 is 0 Å². The van der Waals surface area contributed by atoms with Crippen LogP contribution < -0.4 is 5.73 Å². The monoisotopic (exact) mass is 268 g/mol. The second-order valence-corrected chi connectivity index (χ2v) is 6.35. The number of hydrogen-bond donors (Lipinski definition) is 1. The molecule has 2 aliphatic rings. The molecule has 0 aromatic heterocycles. The van der Waals surface area contributed by atoms with E-state index in [9.17, 15) is 4.79 Å². The van der Waals surface area contributed by atoms with Gasteiger partial charge in [0, 0.05) is 18.5 Å². The van der Waals surface area contributed by atoms with Crippen LogP contribution >= 0.6 is 0 Å². The minimum absolute atomic E-state index is 0.145. The summed E-state index contributed by atoms with van der Waals surface area (Å²) in [7, 11) is 0. The molecule has 0 aromatic rings. The average molecular weight is 268 g/mol. The van der Waals surface area contributed by atoms with Crippen molar-refractivity contribution >= 4 is 5.91 Å². The Kier molecular flexibility index (Phi) is 4.85. The molecule has 0 aromatic carbocycles. The number of rotatable bonds is 3. The quantitative estimate of drug-likeness (QED) is 0.852. The van der Waals surface area contributed by atoms with Crippen LogP contribution in [0.15, 0.2) is 0 Å². The maximum Gasteiger partial charge on any atom is 0.224 e. The Bertz CT molecular complexity index is 313. The second-order valence-electron chi connectivity index (χ2n) is 6.35. The average Bonchev–Trinajstić information content (AvgIpc) is 2.39. The van der Waals surface area contributed by atoms with E-state index in [1.165, 1.54) is 19.3 Å². The maximum absolute atomic E-state index is 12.6. The number of nitrogens with two attached hydrogens (primary N) is 1.